The Labute approximate surface area is 197 Å². The Kier molecular flexibility index (Phi) is 7.43. The molecule has 4 bridgehead atoms. The Bertz CT molecular complexity index is 1200. The van der Waals surface area contributed by atoms with Crippen molar-refractivity contribution in [2.24, 2.45) is 0 Å². The van der Waals surface area contributed by atoms with Crippen molar-refractivity contribution in [2.45, 2.75) is 18.6 Å². The summed E-state index contributed by atoms with van der Waals surface area (Å²) in [6.45, 7) is 0.431. The number of hydrogen-bond acceptors (Lipinski definition) is 7. The van der Waals surface area contributed by atoms with Crippen molar-refractivity contribution in [1.29, 1.82) is 0 Å². The molecule has 3 heterocycles. The quantitative estimate of drug-likeness (QED) is 0.516. The number of benzene rings is 1. The first kappa shape index (κ1) is 23.7. The average molecular weight is 490 g/mol. The summed E-state index contributed by atoms with van der Waals surface area (Å²) in [6.07, 6.45) is 1.29. The number of aliphatic carboxylic acids is 1. The highest BCUT2D eigenvalue weighted by molar-refractivity contribution is 7.90. The fourth-order valence-electron chi connectivity index (χ4n) is 3.34. The molecule has 2 aromatic heterocycles. The van der Waals surface area contributed by atoms with E-state index in [9.17, 15) is 18.1 Å². The molecular formula is C23H21F2N3O5S. The second-order valence-corrected chi connectivity index (χ2v) is 9.07. The Hall–Kier alpha value is -3.44. The van der Waals surface area contributed by atoms with Gasteiger partial charge in [-0.25, -0.2) is 13.8 Å². The molecule has 2 N–H and O–H groups in total. The third-order valence-electron chi connectivity index (χ3n) is 4.87. The van der Waals surface area contributed by atoms with Crippen LogP contribution in [0.5, 0.6) is 11.6 Å². The fraction of sp³-hybridized carbons (Fsp3) is 0.261. The number of carboxylic acids is 1. The number of pyridine rings is 2. The van der Waals surface area contributed by atoms with Crippen molar-refractivity contribution in [3.8, 4) is 22.8 Å². The highest BCUT2D eigenvalue weighted by Gasteiger charge is 2.17. The summed E-state index contributed by atoms with van der Waals surface area (Å²) in [5.74, 6) is -0.906. The van der Waals surface area contributed by atoms with Gasteiger partial charge in [0.15, 0.2) is 0 Å². The number of carbonyl (C=O) groups is 1. The van der Waals surface area contributed by atoms with Gasteiger partial charge in [-0.1, -0.05) is 0 Å². The molecule has 1 aliphatic heterocycles. The summed E-state index contributed by atoms with van der Waals surface area (Å²) in [6, 6.07) is 8.61. The topological polar surface area (TPSA) is 117 Å². The number of aromatic nitrogens is 2. The number of halogens is 2. The Balaban J connectivity index is 1.68. The van der Waals surface area contributed by atoms with E-state index in [2.05, 4.69) is 15.3 Å². The standard InChI is InChI=1S/C23H21F2N3O5S/c24-15-2-3-16-17-11-20(26-12-18(17)25)27-21-8-14(13-34(31)7-4-23(29)30)9-22(28-21)33-6-1-5-32-19(16)10-15/h2-3,8-12H,1,4-7,13H2,(H,29,30)(H,26,27,28). The molecule has 0 spiro atoms. The monoisotopic (exact) mass is 489 g/mol. The van der Waals surface area contributed by atoms with Gasteiger partial charge in [0.1, 0.15) is 40.5 Å². The fourth-order valence-corrected chi connectivity index (χ4v) is 4.43. The highest BCUT2D eigenvalue weighted by Crippen LogP contribution is 2.34. The van der Waals surface area contributed by atoms with Crippen LogP contribution in [-0.2, 0) is 21.7 Å². The summed E-state index contributed by atoms with van der Waals surface area (Å²) in [4.78, 5) is 19.2. The predicted molar refractivity (Wildman–Crippen MR) is 122 cm³/mol. The molecular weight excluding hydrogens is 468 g/mol. The molecule has 0 fully saturated rings. The zero-order valence-electron chi connectivity index (χ0n) is 17.9. The normalized spacial score (nSPS) is 14.0. The number of rotatable bonds is 5. The minimum Gasteiger partial charge on any atom is -0.616 e. The van der Waals surface area contributed by atoms with Gasteiger partial charge in [-0.2, -0.15) is 4.98 Å². The van der Waals surface area contributed by atoms with E-state index < -0.39 is 28.8 Å². The minimum atomic E-state index is -1.40. The molecule has 1 atom stereocenters. The van der Waals surface area contributed by atoms with Crippen LogP contribution in [0, 0.1) is 11.6 Å². The van der Waals surface area contributed by atoms with Crippen molar-refractivity contribution in [3.63, 3.8) is 0 Å². The van der Waals surface area contributed by atoms with Gasteiger partial charge in [-0.05, 0) is 35.4 Å². The Morgan fingerprint density at radius 3 is 2.76 bits per heavy atom. The van der Waals surface area contributed by atoms with Gasteiger partial charge in [0.05, 0.1) is 25.8 Å². The van der Waals surface area contributed by atoms with Crippen molar-refractivity contribution < 1.29 is 32.7 Å². The van der Waals surface area contributed by atoms with E-state index in [1.165, 1.54) is 24.3 Å². The van der Waals surface area contributed by atoms with Crippen LogP contribution in [0.4, 0.5) is 20.4 Å². The number of anilines is 2. The lowest BCUT2D eigenvalue weighted by Gasteiger charge is -2.16. The van der Waals surface area contributed by atoms with Crippen molar-refractivity contribution in [2.75, 3.05) is 24.3 Å². The molecule has 0 radical (unpaired) electrons. The lowest BCUT2D eigenvalue weighted by Crippen LogP contribution is -2.14. The smallest absolute Gasteiger partial charge is 0.308 e. The molecule has 8 nitrogen and oxygen atoms in total. The van der Waals surface area contributed by atoms with E-state index in [1.807, 2.05) is 0 Å². The first-order chi connectivity index (χ1) is 16.4. The van der Waals surface area contributed by atoms with E-state index in [-0.39, 0.29) is 54.2 Å². The van der Waals surface area contributed by atoms with Crippen molar-refractivity contribution in [1.82, 2.24) is 9.97 Å². The zero-order chi connectivity index (χ0) is 24.1. The number of ether oxygens (including phenoxy) is 2. The molecule has 1 aliphatic rings. The third kappa shape index (κ3) is 6.12. The molecule has 0 aliphatic carbocycles. The average Bonchev–Trinajstić information content (AvgIpc) is 2.78. The van der Waals surface area contributed by atoms with Crippen LogP contribution >= 0.6 is 0 Å². The van der Waals surface area contributed by atoms with Crippen LogP contribution in [0.25, 0.3) is 11.1 Å². The molecule has 11 heteroatoms. The molecule has 1 unspecified atom stereocenters. The zero-order valence-corrected chi connectivity index (χ0v) is 18.7. The van der Waals surface area contributed by atoms with Crippen LogP contribution < -0.4 is 14.8 Å². The van der Waals surface area contributed by atoms with E-state index >= 15 is 0 Å². The van der Waals surface area contributed by atoms with Crippen LogP contribution in [-0.4, -0.2) is 44.6 Å². The van der Waals surface area contributed by atoms with E-state index in [0.29, 0.717) is 23.4 Å². The van der Waals surface area contributed by atoms with Crippen LogP contribution in [0.2, 0.25) is 0 Å². The summed E-state index contributed by atoms with van der Waals surface area (Å²) in [5, 5.41) is 11.8. The molecule has 0 amide bonds. The summed E-state index contributed by atoms with van der Waals surface area (Å²) in [7, 11) is 0. The van der Waals surface area contributed by atoms with Crippen LogP contribution in [0.3, 0.4) is 0 Å². The Morgan fingerprint density at radius 1 is 1.12 bits per heavy atom. The third-order valence-corrected chi connectivity index (χ3v) is 6.19. The SMILES string of the molecule is O=C(O)CC[S+]([O-])Cc1cc2nc(c1)OCCCOc1cc(F)ccc1-c1cc(ncc1F)N2. The lowest BCUT2D eigenvalue weighted by atomic mass is 10.0. The second kappa shape index (κ2) is 10.7. The molecule has 4 rings (SSSR count). The summed E-state index contributed by atoms with van der Waals surface area (Å²) >= 11 is -1.40. The molecule has 3 aromatic rings. The Morgan fingerprint density at radius 2 is 1.94 bits per heavy atom. The van der Waals surface area contributed by atoms with E-state index in [0.717, 1.165) is 6.20 Å². The predicted octanol–water partition coefficient (Wildman–Crippen LogP) is 4.05. The number of nitrogens with one attached hydrogen (secondary N) is 1. The number of hydrogen-bond donors (Lipinski definition) is 2. The maximum absolute atomic E-state index is 14.7. The first-order valence-electron chi connectivity index (χ1n) is 10.4. The summed E-state index contributed by atoms with van der Waals surface area (Å²) < 4.78 is 52.2. The summed E-state index contributed by atoms with van der Waals surface area (Å²) in [5.41, 5.74) is 1.17. The van der Waals surface area contributed by atoms with Gasteiger partial charge in [-0.15, -0.1) is 0 Å². The largest absolute Gasteiger partial charge is 0.616 e. The van der Waals surface area contributed by atoms with E-state index in [4.69, 9.17) is 14.6 Å². The van der Waals surface area contributed by atoms with E-state index in [1.54, 1.807) is 12.1 Å². The minimum absolute atomic E-state index is 0.0246. The molecule has 0 saturated heterocycles. The van der Waals surface area contributed by atoms with Gasteiger partial charge >= 0.3 is 5.97 Å². The first-order valence-corrected chi connectivity index (χ1v) is 11.9. The molecule has 0 saturated carbocycles. The number of carboxylic acid groups (broad SMARTS) is 1. The van der Waals surface area contributed by atoms with Crippen molar-refractivity contribution >= 4 is 28.8 Å². The number of fused-ring (bicyclic) bond motifs is 6. The second-order valence-electron chi connectivity index (χ2n) is 7.50. The maximum atomic E-state index is 14.7. The van der Waals surface area contributed by atoms with Gasteiger partial charge in [0.25, 0.3) is 0 Å². The van der Waals surface area contributed by atoms with Crippen LogP contribution in [0.1, 0.15) is 18.4 Å². The molecule has 1 aromatic carbocycles. The number of nitrogens with zero attached hydrogens (tertiary/aromatic N) is 2. The highest BCUT2D eigenvalue weighted by atomic mass is 32.2. The van der Waals surface area contributed by atoms with Gasteiger partial charge in [-0.3, -0.25) is 4.79 Å². The lowest BCUT2D eigenvalue weighted by molar-refractivity contribution is -0.136. The van der Waals surface area contributed by atoms with Crippen molar-refractivity contribution in [3.05, 3.63) is 59.8 Å². The maximum Gasteiger partial charge on any atom is 0.308 e. The molecule has 34 heavy (non-hydrogen) atoms. The van der Waals surface area contributed by atoms with Gasteiger partial charge in [0, 0.05) is 35.2 Å². The van der Waals surface area contributed by atoms with Gasteiger partial charge in [0.2, 0.25) is 5.88 Å². The van der Waals surface area contributed by atoms with Gasteiger partial charge < -0.3 is 24.4 Å². The molecule has 178 valence electrons. The van der Waals surface area contributed by atoms with Crippen LogP contribution in [0.15, 0.2) is 42.6 Å².